The van der Waals surface area contributed by atoms with E-state index in [1.807, 2.05) is 39.0 Å². The average Bonchev–Trinajstić information content (AvgIpc) is 3.20. The van der Waals surface area contributed by atoms with Crippen molar-refractivity contribution in [2.45, 2.75) is 33.4 Å². The number of hydrogen-bond acceptors (Lipinski definition) is 6. The number of hydrogen-bond donors (Lipinski definition) is 2. The first-order valence-electron chi connectivity index (χ1n) is 7.90. The Morgan fingerprint density at radius 2 is 2.24 bits per heavy atom. The molecule has 1 amide bonds. The number of H-pyrrole nitrogens is 1. The first-order chi connectivity index (χ1) is 12.0. The quantitative estimate of drug-likeness (QED) is 0.713. The SMILES string of the molecule is Cc1onc(-c2ccccn2)c1COc1cc(C(=O)NC(C)C)n[nH]1. The van der Waals surface area contributed by atoms with Crippen molar-refractivity contribution in [3.63, 3.8) is 0 Å². The standard InChI is InChI=1S/C17H19N5O3/c1-10(2)19-17(23)14-8-15(21-20-14)24-9-12-11(3)25-22-16(12)13-6-4-5-7-18-13/h4-8,10H,9H2,1-3H3,(H,19,23)(H,20,21). The molecular weight excluding hydrogens is 322 g/mol. The summed E-state index contributed by atoms with van der Waals surface area (Å²) in [7, 11) is 0. The number of nitrogens with zero attached hydrogens (tertiary/aromatic N) is 3. The van der Waals surface area contributed by atoms with Gasteiger partial charge in [0, 0.05) is 18.3 Å². The number of carbonyl (C=O) groups excluding carboxylic acids is 1. The van der Waals surface area contributed by atoms with Gasteiger partial charge in [0.2, 0.25) is 5.88 Å². The van der Waals surface area contributed by atoms with Crippen LogP contribution in [0, 0.1) is 6.92 Å². The maximum absolute atomic E-state index is 11.9. The summed E-state index contributed by atoms with van der Waals surface area (Å²) in [5, 5.41) is 13.5. The lowest BCUT2D eigenvalue weighted by Crippen LogP contribution is -2.30. The van der Waals surface area contributed by atoms with Crippen molar-refractivity contribution in [3.05, 3.63) is 47.5 Å². The third-order valence-electron chi connectivity index (χ3n) is 3.47. The number of pyridine rings is 1. The molecule has 8 heteroatoms. The van der Waals surface area contributed by atoms with E-state index >= 15 is 0 Å². The number of amides is 1. The van der Waals surface area contributed by atoms with Crippen molar-refractivity contribution in [1.29, 1.82) is 0 Å². The van der Waals surface area contributed by atoms with Crippen LogP contribution in [0.5, 0.6) is 5.88 Å². The molecule has 3 rings (SSSR count). The van der Waals surface area contributed by atoms with Gasteiger partial charge in [-0.05, 0) is 32.9 Å². The van der Waals surface area contributed by atoms with E-state index in [1.165, 1.54) is 0 Å². The van der Waals surface area contributed by atoms with Gasteiger partial charge in [0.1, 0.15) is 18.1 Å². The van der Waals surface area contributed by atoms with Crippen LogP contribution in [-0.4, -0.2) is 32.3 Å². The molecule has 0 aliphatic carbocycles. The van der Waals surface area contributed by atoms with E-state index in [2.05, 4.69) is 25.7 Å². The van der Waals surface area contributed by atoms with Gasteiger partial charge in [0.25, 0.3) is 5.91 Å². The normalized spacial score (nSPS) is 10.9. The summed E-state index contributed by atoms with van der Waals surface area (Å²) in [4.78, 5) is 16.2. The smallest absolute Gasteiger partial charge is 0.272 e. The number of rotatable bonds is 6. The number of carbonyl (C=O) groups is 1. The molecule has 0 bridgehead atoms. The van der Waals surface area contributed by atoms with E-state index in [0.29, 0.717) is 23.0 Å². The highest BCUT2D eigenvalue weighted by Crippen LogP contribution is 2.24. The molecule has 0 saturated heterocycles. The zero-order valence-corrected chi connectivity index (χ0v) is 14.2. The van der Waals surface area contributed by atoms with Gasteiger partial charge in [-0.2, -0.15) is 5.10 Å². The fourth-order valence-electron chi connectivity index (χ4n) is 2.25. The highest BCUT2D eigenvalue weighted by atomic mass is 16.5. The first-order valence-corrected chi connectivity index (χ1v) is 7.90. The van der Waals surface area contributed by atoms with E-state index in [9.17, 15) is 4.79 Å². The minimum absolute atomic E-state index is 0.0363. The molecule has 0 aromatic carbocycles. The van der Waals surface area contributed by atoms with Crippen molar-refractivity contribution < 1.29 is 14.1 Å². The third-order valence-corrected chi connectivity index (χ3v) is 3.47. The van der Waals surface area contributed by atoms with Gasteiger partial charge in [-0.3, -0.25) is 9.78 Å². The molecule has 0 saturated carbocycles. The minimum Gasteiger partial charge on any atom is -0.473 e. The average molecular weight is 341 g/mol. The molecule has 25 heavy (non-hydrogen) atoms. The number of aryl methyl sites for hydroxylation is 1. The maximum Gasteiger partial charge on any atom is 0.272 e. The Balaban J connectivity index is 1.72. The van der Waals surface area contributed by atoms with Crippen molar-refractivity contribution >= 4 is 5.91 Å². The molecule has 2 N–H and O–H groups in total. The van der Waals surface area contributed by atoms with Gasteiger partial charge < -0.3 is 14.6 Å². The lowest BCUT2D eigenvalue weighted by molar-refractivity contribution is 0.0938. The summed E-state index contributed by atoms with van der Waals surface area (Å²) in [6.45, 7) is 5.80. The Morgan fingerprint density at radius 3 is 2.96 bits per heavy atom. The van der Waals surface area contributed by atoms with E-state index in [1.54, 1.807) is 12.3 Å². The largest absolute Gasteiger partial charge is 0.473 e. The summed E-state index contributed by atoms with van der Waals surface area (Å²) in [6.07, 6.45) is 1.69. The lowest BCUT2D eigenvalue weighted by atomic mass is 10.1. The topological polar surface area (TPSA) is 106 Å². The number of aromatic nitrogens is 4. The predicted octanol–water partition coefficient (Wildman–Crippen LogP) is 2.49. The molecule has 0 atom stereocenters. The van der Waals surface area contributed by atoms with Gasteiger partial charge in [-0.1, -0.05) is 11.2 Å². The summed E-state index contributed by atoms with van der Waals surface area (Å²) in [5.74, 6) is 0.788. The Kier molecular flexibility index (Phi) is 4.78. The van der Waals surface area contributed by atoms with Crippen molar-refractivity contribution in [2.24, 2.45) is 0 Å². The second-order valence-corrected chi connectivity index (χ2v) is 5.82. The van der Waals surface area contributed by atoms with Crippen molar-refractivity contribution in [2.75, 3.05) is 0 Å². The molecule has 0 unspecified atom stereocenters. The van der Waals surface area contributed by atoms with Crippen LogP contribution in [0.3, 0.4) is 0 Å². The van der Waals surface area contributed by atoms with E-state index in [0.717, 1.165) is 5.56 Å². The van der Waals surface area contributed by atoms with E-state index in [4.69, 9.17) is 9.26 Å². The minimum atomic E-state index is -0.253. The molecule has 0 radical (unpaired) electrons. The van der Waals surface area contributed by atoms with Gasteiger partial charge in [-0.25, -0.2) is 5.10 Å². The molecule has 0 fully saturated rings. The van der Waals surface area contributed by atoms with Gasteiger partial charge in [0.15, 0.2) is 5.69 Å². The zero-order valence-electron chi connectivity index (χ0n) is 14.2. The summed E-state index contributed by atoms with van der Waals surface area (Å²) in [5.41, 5.74) is 2.41. The number of aromatic amines is 1. The van der Waals surface area contributed by atoms with Crippen LogP contribution in [-0.2, 0) is 6.61 Å². The fraction of sp³-hybridized carbons (Fsp3) is 0.294. The molecule has 0 spiro atoms. The molecular formula is C17H19N5O3. The third kappa shape index (κ3) is 3.85. The Bertz CT molecular complexity index is 854. The second kappa shape index (κ2) is 7.16. The highest BCUT2D eigenvalue weighted by molar-refractivity contribution is 5.92. The first kappa shape index (κ1) is 16.7. The van der Waals surface area contributed by atoms with Crippen molar-refractivity contribution in [1.82, 2.24) is 25.7 Å². The summed E-state index contributed by atoms with van der Waals surface area (Å²) >= 11 is 0. The van der Waals surface area contributed by atoms with Crippen LogP contribution in [0.1, 0.15) is 35.7 Å². The van der Waals surface area contributed by atoms with Crippen LogP contribution in [0.4, 0.5) is 0 Å². The van der Waals surface area contributed by atoms with Crippen LogP contribution < -0.4 is 10.1 Å². The summed E-state index contributed by atoms with van der Waals surface area (Å²) in [6, 6.07) is 7.16. The van der Waals surface area contributed by atoms with Gasteiger partial charge in [0.05, 0.1) is 11.3 Å². The highest BCUT2D eigenvalue weighted by Gasteiger charge is 2.17. The predicted molar refractivity (Wildman–Crippen MR) is 90.0 cm³/mol. The van der Waals surface area contributed by atoms with Gasteiger partial charge in [-0.15, -0.1) is 0 Å². The number of ether oxygens (including phenoxy) is 1. The zero-order chi connectivity index (χ0) is 17.8. The molecule has 0 aliphatic rings. The molecule has 3 aromatic rings. The monoisotopic (exact) mass is 341 g/mol. The van der Waals surface area contributed by atoms with Gasteiger partial charge >= 0.3 is 0 Å². The van der Waals surface area contributed by atoms with Crippen LogP contribution in [0.15, 0.2) is 35.0 Å². The molecule has 3 heterocycles. The van der Waals surface area contributed by atoms with E-state index < -0.39 is 0 Å². The lowest BCUT2D eigenvalue weighted by Gasteiger charge is -2.05. The van der Waals surface area contributed by atoms with Crippen molar-refractivity contribution in [3.8, 4) is 17.3 Å². The molecule has 0 aliphatic heterocycles. The summed E-state index contributed by atoms with van der Waals surface area (Å²) < 4.78 is 11.0. The number of nitrogens with one attached hydrogen (secondary N) is 2. The second-order valence-electron chi connectivity index (χ2n) is 5.82. The van der Waals surface area contributed by atoms with Crippen LogP contribution in [0.2, 0.25) is 0 Å². The van der Waals surface area contributed by atoms with Crippen LogP contribution in [0.25, 0.3) is 11.4 Å². The molecule has 130 valence electrons. The Hall–Kier alpha value is -3.16. The molecule has 8 nitrogen and oxygen atoms in total. The molecule has 3 aromatic heterocycles. The fourth-order valence-corrected chi connectivity index (χ4v) is 2.25. The Morgan fingerprint density at radius 1 is 1.40 bits per heavy atom. The van der Waals surface area contributed by atoms with E-state index in [-0.39, 0.29) is 24.2 Å². The van der Waals surface area contributed by atoms with Crippen LogP contribution >= 0.6 is 0 Å². The Labute approximate surface area is 144 Å². The maximum atomic E-state index is 11.9.